The molecule has 0 heterocycles. The zero-order chi connectivity index (χ0) is 18.4. The van der Waals surface area contributed by atoms with E-state index in [1.165, 1.54) is 13.0 Å². The molecular weight excluding hydrogens is 337 g/mol. The van der Waals surface area contributed by atoms with Crippen molar-refractivity contribution in [2.24, 2.45) is 0 Å². The van der Waals surface area contributed by atoms with E-state index in [0.29, 0.717) is 0 Å². The van der Waals surface area contributed by atoms with Crippen LogP contribution >= 0.6 is 0 Å². The van der Waals surface area contributed by atoms with Gasteiger partial charge in [0.25, 0.3) is 11.8 Å². The summed E-state index contributed by atoms with van der Waals surface area (Å²) in [5, 5.41) is 5.37. The standard InChI is InChI=1S/C17H21F3N2O3/c1-11(25-10-17(18,19)20)15(23)22-14-9-5-4-8-13(14)16(24)21-12-6-2-3-7-12/h4-5,8-9,11-12H,2-3,6-7,10H2,1H3,(H,21,24)(H,22,23). The van der Waals surface area contributed by atoms with Gasteiger partial charge < -0.3 is 15.4 Å². The van der Waals surface area contributed by atoms with Crippen LogP contribution in [0.3, 0.4) is 0 Å². The fourth-order valence-electron chi connectivity index (χ4n) is 2.65. The first-order chi connectivity index (χ1) is 11.8. The quantitative estimate of drug-likeness (QED) is 0.820. The lowest BCUT2D eigenvalue weighted by molar-refractivity contribution is -0.184. The van der Waals surface area contributed by atoms with Crippen LogP contribution in [-0.2, 0) is 9.53 Å². The second-order valence-electron chi connectivity index (χ2n) is 6.06. The molecule has 1 aliphatic carbocycles. The molecule has 0 saturated heterocycles. The third-order valence-corrected chi connectivity index (χ3v) is 3.99. The number of carbonyl (C=O) groups excluding carboxylic acids is 2. The Bertz CT molecular complexity index is 613. The molecule has 0 spiro atoms. The Labute approximate surface area is 143 Å². The Morgan fingerprint density at radius 1 is 1.24 bits per heavy atom. The molecule has 1 saturated carbocycles. The second-order valence-corrected chi connectivity index (χ2v) is 6.06. The van der Waals surface area contributed by atoms with E-state index < -0.39 is 24.8 Å². The van der Waals surface area contributed by atoms with Crippen molar-refractivity contribution in [3.8, 4) is 0 Å². The van der Waals surface area contributed by atoms with Crippen LogP contribution in [0.1, 0.15) is 43.0 Å². The predicted octanol–water partition coefficient (Wildman–Crippen LogP) is 3.26. The number of carbonyl (C=O) groups is 2. The SMILES string of the molecule is CC(OCC(F)(F)F)C(=O)Nc1ccccc1C(=O)NC1CCCC1. The van der Waals surface area contributed by atoms with Crippen LogP contribution in [0.2, 0.25) is 0 Å². The van der Waals surface area contributed by atoms with Crippen LogP contribution in [0.15, 0.2) is 24.3 Å². The fourth-order valence-corrected chi connectivity index (χ4v) is 2.65. The molecule has 138 valence electrons. The van der Waals surface area contributed by atoms with Gasteiger partial charge in [-0.15, -0.1) is 0 Å². The first kappa shape index (κ1) is 19.2. The highest BCUT2D eigenvalue weighted by molar-refractivity contribution is 6.04. The summed E-state index contributed by atoms with van der Waals surface area (Å²) in [6.07, 6.45) is -1.83. The normalized spacial score (nSPS) is 16.5. The Morgan fingerprint density at radius 3 is 2.52 bits per heavy atom. The molecule has 1 aliphatic rings. The predicted molar refractivity (Wildman–Crippen MR) is 86.3 cm³/mol. The Kier molecular flexibility index (Phi) is 6.41. The molecule has 0 aromatic heterocycles. The first-order valence-electron chi connectivity index (χ1n) is 8.15. The summed E-state index contributed by atoms with van der Waals surface area (Å²) in [6, 6.07) is 6.48. The van der Waals surface area contributed by atoms with Crippen molar-refractivity contribution in [1.29, 1.82) is 0 Å². The van der Waals surface area contributed by atoms with Crippen molar-refractivity contribution in [3.05, 3.63) is 29.8 Å². The summed E-state index contributed by atoms with van der Waals surface area (Å²) in [6.45, 7) is -0.284. The summed E-state index contributed by atoms with van der Waals surface area (Å²) in [7, 11) is 0. The molecule has 1 aromatic carbocycles. The van der Waals surface area contributed by atoms with E-state index in [1.807, 2.05) is 0 Å². The molecule has 0 bridgehead atoms. The van der Waals surface area contributed by atoms with Crippen molar-refractivity contribution in [3.63, 3.8) is 0 Å². The van der Waals surface area contributed by atoms with Crippen molar-refractivity contribution in [1.82, 2.24) is 5.32 Å². The number of hydrogen-bond donors (Lipinski definition) is 2. The smallest absolute Gasteiger partial charge is 0.359 e. The first-order valence-corrected chi connectivity index (χ1v) is 8.15. The zero-order valence-corrected chi connectivity index (χ0v) is 13.9. The molecule has 1 aromatic rings. The van der Waals surface area contributed by atoms with E-state index in [4.69, 9.17) is 0 Å². The van der Waals surface area contributed by atoms with Gasteiger partial charge in [0.05, 0.1) is 11.3 Å². The van der Waals surface area contributed by atoms with Crippen LogP contribution in [-0.4, -0.2) is 36.7 Å². The minimum atomic E-state index is -4.51. The maximum atomic E-state index is 12.4. The van der Waals surface area contributed by atoms with Crippen molar-refractivity contribution < 1.29 is 27.5 Å². The number of amides is 2. The maximum absolute atomic E-state index is 12.4. The molecule has 2 amide bonds. The highest BCUT2D eigenvalue weighted by Gasteiger charge is 2.30. The van der Waals surface area contributed by atoms with Crippen LogP contribution in [0.5, 0.6) is 0 Å². The molecule has 1 fully saturated rings. The number of rotatable bonds is 6. The van der Waals surface area contributed by atoms with Crippen LogP contribution in [0.25, 0.3) is 0 Å². The topological polar surface area (TPSA) is 67.4 Å². The molecule has 8 heteroatoms. The minimum Gasteiger partial charge on any atom is -0.359 e. The number of alkyl halides is 3. The number of para-hydroxylation sites is 1. The summed E-state index contributed by atoms with van der Waals surface area (Å²) >= 11 is 0. The van der Waals surface area contributed by atoms with Gasteiger partial charge in [-0.05, 0) is 31.9 Å². The molecule has 0 radical (unpaired) electrons. The lowest BCUT2D eigenvalue weighted by Gasteiger charge is -2.17. The van der Waals surface area contributed by atoms with Gasteiger partial charge in [0.1, 0.15) is 12.7 Å². The van der Waals surface area contributed by atoms with Gasteiger partial charge in [-0.2, -0.15) is 13.2 Å². The molecular formula is C17H21F3N2O3. The van der Waals surface area contributed by atoms with Gasteiger partial charge in [-0.3, -0.25) is 9.59 Å². The van der Waals surface area contributed by atoms with Crippen molar-refractivity contribution >= 4 is 17.5 Å². The van der Waals surface area contributed by atoms with E-state index >= 15 is 0 Å². The molecule has 5 nitrogen and oxygen atoms in total. The van der Waals surface area contributed by atoms with Crippen molar-refractivity contribution in [2.75, 3.05) is 11.9 Å². The third kappa shape index (κ3) is 6.04. The van der Waals surface area contributed by atoms with E-state index in [0.717, 1.165) is 25.7 Å². The summed E-state index contributed by atoms with van der Waals surface area (Å²) in [4.78, 5) is 24.4. The van der Waals surface area contributed by atoms with Crippen LogP contribution < -0.4 is 10.6 Å². The molecule has 1 atom stereocenters. The zero-order valence-electron chi connectivity index (χ0n) is 13.9. The summed E-state index contributed by atoms with van der Waals surface area (Å²) < 4.78 is 41.0. The van der Waals surface area contributed by atoms with E-state index in [1.54, 1.807) is 18.2 Å². The van der Waals surface area contributed by atoms with E-state index in [2.05, 4.69) is 15.4 Å². The number of hydrogen-bond acceptors (Lipinski definition) is 3. The maximum Gasteiger partial charge on any atom is 0.411 e. The second kappa shape index (κ2) is 8.33. The monoisotopic (exact) mass is 358 g/mol. The lowest BCUT2D eigenvalue weighted by atomic mass is 10.1. The van der Waals surface area contributed by atoms with E-state index in [9.17, 15) is 22.8 Å². The number of halogens is 3. The van der Waals surface area contributed by atoms with Gasteiger partial charge in [-0.1, -0.05) is 25.0 Å². The van der Waals surface area contributed by atoms with Gasteiger partial charge in [-0.25, -0.2) is 0 Å². The summed E-state index contributed by atoms with van der Waals surface area (Å²) in [5.41, 5.74) is 0.510. The fraction of sp³-hybridized carbons (Fsp3) is 0.529. The lowest BCUT2D eigenvalue weighted by Crippen LogP contribution is -2.34. The van der Waals surface area contributed by atoms with Crippen LogP contribution in [0.4, 0.5) is 18.9 Å². The van der Waals surface area contributed by atoms with Gasteiger partial charge in [0.2, 0.25) is 0 Å². The number of nitrogens with one attached hydrogen (secondary N) is 2. The molecule has 25 heavy (non-hydrogen) atoms. The van der Waals surface area contributed by atoms with Gasteiger partial charge >= 0.3 is 6.18 Å². The Balaban J connectivity index is 1.99. The van der Waals surface area contributed by atoms with E-state index in [-0.39, 0.29) is 23.2 Å². The largest absolute Gasteiger partial charge is 0.411 e. The Hall–Kier alpha value is -2.09. The average Bonchev–Trinajstić information content (AvgIpc) is 3.05. The molecule has 1 unspecified atom stereocenters. The summed E-state index contributed by atoms with van der Waals surface area (Å²) in [5.74, 6) is -1.06. The minimum absolute atomic E-state index is 0.116. The highest BCUT2D eigenvalue weighted by atomic mass is 19.4. The number of ether oxygens (including phenoxy) is 1. The van der Waals surface area contributed by atoms with Crippen LogP contribution in [0, 0.1) is 0 Å². The third-order valence-electron chi connectivity index (χ3n) is 3.99. The number of benzene rings is 1. The molecule has 0 aliphatic heterocycles. The van der Waals surface area contributed by atoms with Gasteiger partial charge in [0, 0.05) is 6.04 Å². The Morgan fingerprint density at radius 2 is 1.88 bits per heavy atom. The highest BCUT2D eigenvalue weighted by Crippen LogP contribution is 2.21. The molecule has 2 rings (SSSR count). The molecule has 2 N–H and O–H groups in total. The number of anilines is 1. The van der Waals surface area contributed by atoms with Crippen molar-refractivity contribution in [2.45, 2.75) is 50.9 Å². The average molecular weight is 358 g/mol. The van der Waals surface area contributed by atoms with Gasteiger partial charge in [0.15, 0.2) is 0 Å².